The van der Waals surface area contributed by atoms with Gasteiger partial charge in [-0.25, -0.2) is 0 Å². The van der Waals surface area contributed by atoms with Crippen molar-refractivity contribution < 1.29 is 4.57 Å². The van der Waals surface area contributed by atoms with Crippen LogP contribution in [0, 0.1) is 0 Å². The van der Waals surface area contributed by atoms with E-state index < -0.39 is 7.29 Å². The maximum absolute atomic E-state index is 12.3. The average Bonchev–Trinajstić information content (AvgIpc) is 2.20. The first-order valence-corrected chi connectivity index (χ1v) is 6.60. The van der Waals surface area contributed by atoms with Crippen molar-refractivity contribution in [3.05, 3.63) is 30.3 Å². The molecule has 0 radical (unpaired) electrons. The molecule has 0 spiro atoms. The summed E-state index contributed by atoms with van der Waals surface area (Å²) in [6.07, 6.45) is 3.05. The molecule has 1 heterocycles. The van der Waals surface area contributed by atoms with Crippen LogP contribution in [0.2, 0.25) is 0 Å². The normalized spacial score (nSPS) is 28.6. The predicted molar refractivity (Wildman–Crippen MR) is 55.8 cm³/mol. The first kappa shape index (κ1) is 8.98. The van der Waals surface area contributed by atoms with Crippen molar-refractivity contribution in [3.63, 3.8) is 0 Å². The van der Waals surface area contributed by atoms with Crippen molar-refractivity contribution in [1.82, 2.24) is 5.09 Å². The molecule has 1 aliphatic heterocycles. The molecule has 13 heavy (non-hydrogen) atoms. The summed E-state index contributed by atoms with van der Waals surface area (Å²) in [5.41, 5.74) is 0. The molecule has 1 N–H and O–H groups in total. The van der Waals surface area contributed by atoms with Crippen molar-refractivity contribution >= 4 is 12.6 Å². The quantitative estimate of drug-likeness (QED) is 0.694. The lowest BCUT2D eigenvalue weighted by molar-refractivity contribution is 0.556. The Kier molecular flexibility index (Phi) is 2.52. The number of nitrogens with one attached hydrogen (secondary N) is 1. The number of benzene rings is 1. The Morgan fingerprint density at radius 3 is 2.54 bits per heavy atom. The molecular formula is C10H14NOP. The van der Waals surface area contributed by atoms with Gasteiger partial charge < -0.3 is 4.57 Å². The van der Waals surface area contributed by atoms with Gasteiger partial charge in [0.1, 0.15) is 0 Å². The minimum atomic E-state index is -2.22. The van der Waals surface area contributed by atoms with Gasteiger partial charge in [0, 0.05) is 18.0 Å². The Morgan fingerprint density at radius 1 is 1.15 bits per heavy atom. The Morgan fingerprint density at radius 2 is 1.92 bits per heavy atom. The van der Waals surface area contributed by atoms with Crippen LogP contribution in [0.3, 0.4) is 0 Å². The van der Waals surface area contributed by atoms with Gasteiger partial charge in [0.2, 0.25) is 0 Å². The largest absolute Gasteiger partial charge is 0.302 e. The molecule has 2 rings (SSSR count). The zero-order valence-corrected chi connectivity index (χ0v) is 8.47. The molecule has 0 amide bonds. The van der Waals surface area contributed by atoms with Gasteiger partial charge in [-0.2, -0.15) is 0 Å². The van der Waals surface area contributed by atoms with E-state index in [-0.39, 0.29) is 0 Å². The average molecular weight is 195 g/mol. The minimum Gasteiger partial charge on any atom is -0.302 e. The summed E-state index contributed by atoms with van der Waals surface area (Å²) in [7, 11) is -2.22. The monoisotopic (exact) mass is 195 g/mol. The van der Waals surface area contributed by atoms with Crippen LogP contribution >= 0.6 is 7.29 Å². The highest BCUT2D eigenvalue weighted by molar-refractivity contribution is 7.69. The SMILES string of the molecule is O=[P@]1(c2ccccc2)CCCCN1. The van der Waals surface area contributed by atoms with Gasteiger partial charge >= 0.3 is 0 Å². The zero-order chi connectivity index (χ0) is 9.15. The molecule has 2 nitrogen and oxygen atoms in total. The third kappa shape index (κ3) is 1.84. The second-order valence-electron chi connectivity index (χ2n) is 3.41. The summed E-state index contributed by atoms with van der Waals surface area (Å²) in [4.78, 5) is 0. The van der Waals surface area contributed by atoms with E-state index in [0.29, 0.717) is 0 Å². The second kappa shape index (κ2) is 3.65. The maximum Gasteiger partial charge on any atom is 0.176 e. The topological polar surface area (TPSA) is 29.1 Å². The lowest BCUT2D eigenvalue weighted by Crippen LogP contribution is -2.26. The number of hydrogen-bond donors (Lipinski definition) is 1. The molecule has 1 aliphatic rings. The molecule has 1 fully saturated rings. The van der Waals surface area contributed by atoms with Crippen molar-refractivity contribution in [1.29, 1.82) is 0 Å². The van der Waals surface area contributed by atoms with Crippen LogP contribution in [0.25, 0.3) is 0 Å². The highest BCUT2D eigenvalue weighted by atomic mass is 31.2. The molecule has 0 aromatic heterocycles. The molecule has 70 valence electrons. The molecule has 3 heteroatoms. The van der Waals surface area contributed by atoms with E-state index in [1.165, 1.54) is 0 Å². The van der Waals surface area contributed by atoms with Gasteiger partial charge in [-0.1, -0.05) is 30.3 Å². The fourth-order valence-electron chi connectivity index (χ4n) is 1.69. The summed E-state index contributed by atoms with van der Waals surface area (Å²) in [6.45, 7) is 0.895. The van der Waals surface area contributed by atoms with Gasteiger partial charge in [-0.05, 0) is 12.8 Å². The molecule has 1 atom stereocenters. The van der Waals surface area contributed by atoms with Crippen LogP contribution < -0.4 is 10.4 Å². The lowest BCUT2D eigenvalue weighted by Gasteiger charge is -2.24. The molecule has 0 aliphatic carbocycles. The van der Waals surface area contributed by atoms with Crippen molar-refractivity contribution in [2.75, 3.05) is 12.7 Å². The standard InChI is InChI=1S/C10H14NOP/c12-13(9-5-4-8-11-13)10-6-2-1-3-7-10/h1-3,6-7H,4-5,8-9H2,(H,11,12)/t13-/m0/s1. The van der Waals surface area contributed by atoms with E-state index >= 15 is 0 Å². The van der Waals surface area contributed by atoms with Gasteiger partial charge in [-0.15, -0.1) is 0 Å². The van der Waals surface area contributed by atoms with E-state index in [2.05, 4.69) is 5.09 Å². The smallest absolute Gasteiger partial charge is 0.176 e. The molecule has 0 saturated carbocycles. The summed E-state index contributed by atoms with van der Waals surface area (Å²) < 4.78 is 12.3. The van der Waals surface area contributed by atoms with Crippen LogP contribution in [0.1, 0.15) is 12.8 Å². The van der Waals surface area contributed by atoms with Crippen molar-refractivity contribution in [2.45, 2.75) is 12.8 Å². The summed E-state index contributed by atoms with van der Waals surface area (Å²) >= 11 is 0. The van der Waals surface area contributed by atoms with Crippen molar-refractivity contribution in [3.8, 4) is 0 Å². The number of rotatable bonds is 1. The van der Waals surface area contributed by atoms with Crippen LogP contribution in [0.5, 0.6) is 0 Å². The highest BCUT2D eigenvalue weighted by Crippen LogP contribution is 2.42. The van der Waals surface area contributed by atoms with Gasteiger partial charge in [0.05, 0.1) is 0 Å². The summed E-state index contributed by atoms with van der Waals surface area (Å²) in [5, 5.41) is 4.15. The van der Waals surface area contributed by atoms with E-state index in [9.17, 15) is 4.57 Å². The van der Waals surface area contributed by atoms with E-state index in [1.807, 2.05) is 30.3 Å². The third-order valence-corrected chi connectivity index (χ3v) is 5.25. The minimum absolute atomic E-state index is 0.816. The third-order valence-electron chi connectivity index (χ3n) is 2.44. The zero-order valence-electron chi connectivity index (χ0n) is 7.57. The molecule has 0 bridgehead atoms. The van der Waals surface area contributed by atoms with Gasteiger partial charge in [0.25, 0.3) is 0 Å². The molecule has 1 aromatic rings. The first-order chi connectivity index (χ1) is 6.31. The Balaban J connectivity index is 2.29. The Labute approximate surface area is 78.8 Å². The van der Waals surface area contributed by atoms with Crippen molar-refractivity contribution in [2.24, 2.45) is 0 Å². The maximum atomic E-state index is 12.3. The Bertz CT molecular complexity index is 313. The first-order valence-electron chi connectivity index (χ1n) is 4.71. The van der Waals surface area contributed by atoms with Crippen LogP contribution in [0.4, 0.5) is 0 Å². The fraction of sp³-hybridized carbons (Fsp3) is 0.400. The van der Waals surface area contributed by atoms with Gasteiger partial charge in [0.15, 0.2) is 7.29 Å². The summed E-state index contributed by atoms with van der Waals surface area (Å²) in [6, 6.07) is 9.77. The lowest BCUT2D eigenvalue weighted by atomic mass is 10.3. The highest BCUT2D eigenvalue weighted by Gasteiger charge is 2.25. The van der Waals surface area contributed by atoms with E-state index in [4.69, 9.17) is 0 Å². The molecular weight excluding hydrogens is 181 g/mol. The van der Waals surface area contributed by atoms with Gasteiger partial charge in [-0.3, -0.25) is 5.09 Å². The molecule has 1 saturated heterocycles. The molecule has 1 aromatic carbocycles. The van der Waals surface area contributed by atoms with Crippen LogP contribution in [-0.2, 0) is 4.57 Å². The molecule has 0 unspecified atom stereocenters. The van der Waals surface area contributed by atoms with Crippen LogP contribution in [0.15, 0.2) is 30.3 Å². The Hall–Kier alpha value is -0.590. The predicted octanol–water partition coefficient (Wildman–Crippen LogP) is 1.97. The summed E-state index contributed by atoms with van der Waals surface area (Å²) in [5.74, 6) is 0. The van der Waals surface area contributed by atoms with E-state index in [0.717, 1.165) is 30.9 Å². The fourth-order valence-corrected chi connectivity index (χ4v) is 4.13. The number of hydrogen-bond acceptors (Lipinski definition) is 1. The second-order valence-corrected chi connectivity index (χ2v) is 6.17. The van der Waals surface area contributed by atoms with Crippen LogP contribution in [-0.4, -0.2) is 12.7 Å². The van der Waals surface area contributed by atoms with E-state index in [1.54, 1.807) is 0 Å².